The van der Waals surface area contributed by atoms with Gasteiger partial charge < -0.3 is 20.4 Å². The summed E-state index contributed by atoms with van der Waals surface area (Å²) in [6.45, 7) is 12.4. The summed E-state index contributed by atoms with van der Waals surface area (Å²) in [5.74, 6) is 0. The average Bonchev–Trinajstić information content (AvgIpc) is 3.43. The van der Waals surface area contributed by atoms with E-state index in [-0.39, 0.29) is 35.2 Å². The molecular weight excluding hydrogens is 388 g/mol. The minimum Gasteiger partial charge on any atom is -0.312 e. The number of rotatable bonds is 4. The van der Waals surface area contributed by atoms with Crippen LogP contribution in [0.1, 0.15) is 52.7 Å². The van der Waals surface area contributed by atoms with Crippen LogP contribution in [0.3, 0.4) is 0 Å². The molecule has 6 nitrogen and oxygen atoms in total. The van der Waals surface area contributed by atoms with Gasteiger partial charge in [-0.2, -0.15) is 0 Å². The molecule has 2 aliphatic heterocycles. The molecule has 31 heavy (non-hydrogen) atoms. The van der Waals surface area contributed by atoms with Crippen LogP contribution < -0.4 is 10.6 Å². The lowest BCUT2D eigenvalue weighted by atomic mass is 10.0. The summed E-state index contributed by atoms with van der Waals surface area (Å²) in [5, 5.41) is 5.94. The van der Waals surface area contributed by atoms with Crippen LogP contribution in [0, 0.1) is 0 Å². The van der Waals surface area contributed by atoms with E-state index >= 15 is 0 Å². The molecule has 0 aromatic heterocycles. The summed E-state index contributed by atoms with van der Waals surface area (Å²) in [4.78, 5) is 28.4. The zero-order chi connectivity index (χ0) is 22.6. The third kappa shape index (κ3) is 3.99. The van der Waals surface area contributed by atoms with Crippen molar-refractivity contribution < 1.29 is 9.59 Å². The molecule has 0 aliphatic carbocycles. The Balaban J connectivity index is 1.30. The molecule has 164 valence electrons. The summed E-state index contributed by atoms with van der Waals surface area (Å²) in [7, 11) is 0. The first kappa shape index (κ1) is 21.2. The largest absolute Gasteiger partial charge is 0.322 e. The summed E-state index contributed by atoms with van der Waals surface area (Å²) < 4.78 is 0. The van der Waals surface area contributed by atoms with E-state index in [1.54, 1.807) is 0 Å². The average molecular weight is 421 g/mol. The van der Waals surface area contributed by atoms with Crippen molar-refractivity contribution >= 4 is 23.4 Å². The van der Waals surface area contributed by atoms with Gasteiger partial charge in [-0.25, -0.2) is 9.59 Å². The van der Waals surface area contributed by atoms with Crippen LogP contribution >= 0.6 is 0 Å². The van der Waals surface area contributed by atoms with Crippen molar-refractivity contribution in [3.05, 3.63) is 59.7 Å². The van der Waals surface area contributed by atoms with Gasteiger partial charge in [0.05, 0.1) is 23.2 Å². The van der Waals surface area contributed by atoms with E-state index in [0.717, 1.165) is 28.9 Å². The molecule has 2 fully saturated rings. The predicted molar refractivity (Wildman–Crippen MR) is 124 cm³/mol. The van der Waals surface area contributed by atoms with E-state index in [4.69, 9.17) is 0 Å². The summed E-state index contributed by atoms with van der Waals surface area (Å²) in [6, 6.07) is 16.3. The molecule has 2 heterocycles. The van der Waals surface area contributed by atoms with Crippen LogP contribution in [0.5, 0.6) is 0 Å². The van der Waals surface area contributed by atoms with Crippen molar-refractivity contribution in [2.75, 3.05) is 10.6 Å². The molecule has 0 spiro atoms. The summed E-state index contributed by atoms with van der Waals surface area (Å²) in [6.07, 6.45) is 0.787. The van der Waals surface area contributed by atoms with E-state index < -0.39 is 0 Å². The van der Waals surface area contributed by atoms with Crippen molar-refractivity contribution in [3.8, 4) is 0 Å². The molecule has 6 heteroatoms. The topological polar surface area (TPSA) is 64.2 Å². The number of urea groups is 2. The first-order valence-corrected chi connectivity index (χ1v) is 10.9. The molecule has 0 unspecified atom stereocenters. The molecule has 2 aromatic carbocycles. The van der Waals surface area contributed by atoms with Gasteiger partial charge in [0.1, 0.15) is 0 Å². The summed E-state index contributed by atoms with van der Waals surface area (Å²) >= 11 is 0. The smallest absolute Gasteiger partial charge is 0.312 e. The Morgan fingerprint density at radius 1 is 0.710 bits per heavy atom. The first-order valence-electron chi connectivity index (χ1n) is 10.9. The number of amides is 4. The maximum atomic E-state index is 12.4. The lowest BCUT2D eigenvalue weighted by molar-refractivity contribution is 0.234. The zero-order valence-electron chi connectivity index (χ0n) is 19.2. The van der Waals surface area contributed by atoms with Crippen molar-refractivity contribution in [1.82, 2.24) is 9.80 Å². The number of carbonyl (C=O) groups is 2. The Kier molecular flexibility index (Phi) is 4.99. The number of nitrogens with one attached hydrogen (secondary N) is 2. The highest BCUT2D eigenvalue weighted by Crippen LogP contribution is 2.41. The first-order chi connectivity index (χ1) is 14.5. The normalized spacial score (nSPS) is 22.6. The molecular formula is C25H32N4O2. The van der Waals surface area contributed by atoms with Crippen LogP contribution in [0.2, 0.25) is 0 Å². The fourth-order valence-corrected chi connectivity index (χ4v) is 4.26. The van der Waals surface area contributed by atoms with Crippen LogP contribution in [0.25, 0.3) is 0 Å². The van der Waals surface area contributed by atoms with Crippen LogP contribution in [0.15, 0.2) is 48.5 Å². The maximum Gasteiger partial charge on any atom is 0.322 e. The molecule has 2 aromatic rings. The van der Waals surface area contributed by atoms with E-state index in [1.807, 2.05) is 58.3 Å². The van der Waals surface area contributed by atoms with Gasteiger partial charge in [-0.15, -0.1) is 0 Å². The van der Waals surface area contributed by atoms with Crippen molar-refractivity contribution in [1.29, 1.82) is 0 Å². The minimum absolute atomic E-state index is 0.0526. The Morgan fingerprint density at radius 2 is 1.00 bits per heavy atom. The molecule has 0 radical (unpaired) electrons. The van der Waals surface area contributed by atoms with Gasteiger partial charge in [0.15, 0.2) is 0 Å². The number of hydrogen-bond acceptors (Lipinski definition) is 2. The van der Waals surface area contributed by atoms with Gasteiger partial charge in [-0.1, -0.05) is 24.3 Å². The number of carbonyl (C=O) groups excluding carboxylic acids is 2. The number of nitrogens with zero attached hydrogens (tertiary/aromatic N) is 2. The van der Waals surface area contributed by atoms with Crippen molar-refractivity contribution in [2.24, 2.45) is 0 Å². The Morgan fingerprint density at radius 3 is 1.26 bits per heavy atom. The standard InChI is InChI=1S/C25H32N4O2/c1-16-24(3,4)28(16)22(30)26-20-11-7-18(8-12-20)15-19-9-13-21(14-10-19)27-23(31)29-17(2)25(29,5)6/h7-14,16-17H,15H2,1-6H3,(H,26,30)(H,27,31)/t16-,17+,28?,29?. The van der Waals surface area contributed by atoms with Gasteiger partial charge in [0, 0.05) is 11.4 Å². The third-order valence-corrected chi connectivity index (χ3v) is 7.18. The molecule has 0 saturated carbocycles. The van der Waals surface area contributed by atoms with Crippen LogP contribution in [0.4, 0.5) is 21.0 Å². The molecule has 2 aliphatic rings. The SMILES string of the molecule is C[C@@H]1N(C(=O)Nc2ccc(Cc3ccc(NC(=O)N4[C@H](C)C4(C)C)cc3)cc2)C1(C)C. The minimum atomic E-state index is -0.0693. The van der Waals surface area contributed by atoms with Gasteiger partial charge in [-0.05, 0) is 83.4 Å². The number of benzene rings is 2. The second-order valence-corrected chi connectivity index (χ2v) is 9.83. The van der Waals surface area contributed by atoms with Gasteiger partial charge in [0.25, 0.3) is 0 Å². The monoisotopic (exact) mass is 420 g/mol. The molecule has 2 saturated heterocycles. The van der Waals surface area contributed by atoms with Crippen LogP contribution in [-0.4, -0.2) is 45.0 Å². The van der Waals surface area contributed by atoms with Crippen molar-refractivity contribution in [3.63, 3.8) is 0 Å². The highest BCUT2D eigenvalue weighted by Gasteiger charge is 2.56. The van der Waals surface area contributed by atoms with Crippen molar-refractivity contribution in [2.45, 2.75) is 71.1 Å². The third-order valence-electron chi connectivity index (χ3n) is 7.18. The van der Waals surface area contributed by atoms with E-state index in [2.05, 4.69) is 52.2 Å². The van der Waals surface area contributed by atoms with Gasteiger partial charge >= 0.3 is 12.1 Å². The molecule has 0 bridgehead atoms. The van der Waals surface area contributed by atoms with Gasteiger partial charge in [-0.3, -0.25) is 0 Å². The second-order valence-electron chi connectivity index (χ2n) is 9.83. The molecule has 4 amide bonds. The zero-order valence-corrected chi connectivity index (χ0v) is 19.2. The molecule has 4 rings (SSSR count). The lowest BCUT2D eigenvalue weighted by Crippen LogP contribution is -2.24. The molecule has 2 N–H and O–H groups in total. The van der Waals surface area contributed by atoms with E-state index in [9.17, 15) is 9.59 Å². The Bertz CT molecular complexity index is 914. The Hall–Kier alpha value is -3.02. The van der Waals surface area contributed by atoms with Gasteiger partial charge in [0.2, 0.25) is 0 Å². The van der Waals surface area contributed by atoms with Crippen LogP contribution in [-0.2, 0) is 6.42 Å². The van der Waals surface area contributed by atoms with E-state index in [1.165, 1.54) is 0 Å². The van der Waals surface area contributed by atoms with E-state index in [0.29, 0.717) is 0 Å². The Labute approximate surface area is 184 Å². The fourth-order valence-electron chi connectivity index (χ4n) is 4.26. The quantitative estimate of drug-likeness (QED) is 0.659. The highest BCUT2D eigenvalue weighted by molar-refractivity contribution is 5.93. The molecule has 2 atom stereocenters. The number of anilines is 2. The summed E-state index contributed by atoms with van der Waals surface area (Å²) in [5.41, 5.74) is 3.79. The second kappa shape index (κ2) is 7.29. The predicted octanol–water partition coefficient (Wildman–Crippen LogP) is 5.31. The maximum absolute atomic E-state index is 12.4. The fraction of sp³-hybridized carbons (Fsp3) is 0.440. The number of hydrogen-bond donors (Lipinski definition) is 2. The lowest BCUT2D eigenvalue weighted by Gasteiger charge is -2.11. The highest BCUT2D eigenvalue weighted by atomic mass is 16.2.